The van der Waals surface area contributed by atoms with E-state index < -0.39 is 35.0 Å². The Labute approximate surface area is 222 Å². The second-order valence-electron chi connectivity index (χ2n) is 10.2. The van der Waals surface area contributed by atoms with Gasteiger partial charge in [-0.1, -0.05) is 30.3 Å². The zero-order valence-corrected chi connectivity index (χ0v) is 22.0. The predicted octanol–water partition coefficient (Wildman–Crippen LogP) is 3.52. The molecule has 0 saturated carbocycles. The van der Waals surface area contributed by atoms with Gasteiger partial charge in [0.15, 0.2) is 0 Å². The summed E-state index contributed by atoms with van der Waals surface area (Å²) in [5, 5.41) is 9.74. The Balaban J connectivity index is 1.74. The van der Waals surface area contributed by atoms with Gasteiger partial charge in [-0.25, -0.2) is 0 Å². The van der Waals surface area contributed by atoms with Crippen molar-refractivity contribution < 1.29 is 29.0 Å². The van der Waals surface area contributed by atoms with Gasteiger partial charge in [-0.15, -0.1) is 6.58 Å². The molecule has 3 heterocycles. The number of amides is 2. The van der Waals surface area contributed by atoms with Crippen molar-refractivity contribution in [3.05, 3.63) is 54.6 Å². The van der Waals surface area contributed by atoms with Gasteiger partial charge in [0.2, 0.25) is 5.91 Å². The number of benzene rings is 1. The van der Waals surface area contributed by atoms with Crippen molar-refractivity contribution in [1.82, 2.24) is 4.90 Å². The molecule has 0 aromatic heterocycles. The van der Waals surface area contributed by atoms with Crippen LogP contribution in [-0.2, 0) is 23.9 Å². The normalized spacial score (nSPS) is 29.8. The Morgan fingerprint density at radius 3 is 2.59 bits per heavy atom. The Kier molecular flexibility index (Phi) is 8.11. The van der Waals surface area contributed by atoms with Crippen LogP contribution in [0.5, 0.6) is 0 Å². The summed E-state index contributed by atoms with van der Waals surface area (Å²) in [5.74, 6) is -2.68. The number of esters is 1. The van der Waals surface area contributed by atoms with Crippen molar-refractivity contribution in [2.45, 2.75) is 56.3 Å². The zero-order chi connectivity index (χ0) is 26.8. The number of hydrogen-bond acceptors (Lipinski definition) is 6. The summed E-state index contributed by atoms with van der Waals surface area (Å²) < 4.78 is 12.0. The van der Waals surface area contributed by atoms with Crippen LogP contribution in [0.25, 0.3) is 0 Å². The molecule has 5 atom stereocenters. The second-order valence-corrected chi connectivity index (χ2v) is 10.6. The number of ether oxygens (including phenoxy) is 2. The van der Waals surface area contributed by atoms with Gasteiger partial charge in [0.25, 0.3) is 5.91 Å². The molecule has 2 unspecified atom stereocenters. The summed E-state index contributed by atoms with van der Waals surface area (Å²) in [6, 6.07) is 6.01. The summed E-state index contributed by atoms with van der Waals surface area (Å²) in [4.78, 5) is 44.7. The molecule has 3 aliphatic heterocycles. The molecular formula is C28H35ClN2O6. The van der Waals surface area contributed by atoms with E-state index in [4.69, 9.17) is 21.1 Å². The maximum atomic E-state index is 14.3. The van der Waals surface area contributed by atoms with Crippen LogP contribution in [0.3, 0.4) is 0 Å². The standard InChI is InChI=1S/C28H35ClN2O6/c1-4-15-30(20-11-9-19(29)10-12-20)25(34)23-28-14-13-27(3,37-28)22(26(35)36-18-5-2)21(28)24(33)31(23)16-7-6-8-17-32/h4-5,9-12,21-23,32H,1-2,6-8,13-18H2,3H3/t21-,22+,23?,27-,28?/m0/s1. The number of halogens is 1. The zero-order valence-electron chi connectivity index (χ0n) is 21.2. The minimum atomic E-state index is -1.14. The summed E-state index contributed by atoms with van der Waals surface area (Å²) in [5.41, 5.74) is -1.41. The first-order chi connectivity index (χ1) is 17.7. The van der Waals surface area contributed by atoms with Gasteiger partial charge in [0.1, 0.15) is 24.2 Å². The highest BCUT2D eigenvalue weighted by Crippen LogP contribution is 2.63. The van der Waals surface area contributed by atoms with Crippen LogP contribution in [0.15, 0.2) is 49.6 Å². The molecule has 4 rings (SSSR count). The van der Waals surface area contributed by atoms with E-state index in [1.54, 1.807) is 40.1 Å². The third-order valence-electron chi connectivity index (χ3n) is 7.88. The highest BCUT2D eigenvalue weighted by atomic mass is 35.5. The minimum absolute atomic E-state index is 0.0379. The second kappa shape index (κ2) is 11.0. The Bertz CT molecular complexity index is 1060. The van der Waals surface area contributed by atoms with Crippen LogP contribution in [-0.4, -0.2) is 71.3 Å². The quantitative estimate of drug-likeness (QED) is 0.252. The van der Waals surface area contributed by atoms with Crippen LogP contribution >= 0.6 is 11.6 Å². The smallest absolute Gasteiger partial charge is 0.313 e. The number of fused-ring (bicyclic) bond motifs is 1. The van der Waals surface area contributed by atoms with Gasteiger partial charge in [-0.05, 0) is 63.3 Å². The van der Waals surface area contributed by atoms with Gasteiger partial charge in [-0.3, -0.25) is 14.4 Å². The van der Waals surface area contributed by atoms with Crippen molar-refractivity contribution in [3.63, 3.8) is 0 Å². The maximum absolute atomic E-state index is 14.3. The molecule has 200 valence electrons. The number of unbranched alkanes of at least 4 members (excludes halogenated alkanes) is 2. The van der Waals surface area contributed by atoms with Crippen LogP contribution in [0, 0.1) is 11.8 Å². The average molecular weight is 531 g/mol. The molecule has 3 fully saturated rings. The van der Waals surface area contributed by atoms with E-state index in [1.165, 1.54) is 6.08 Å². The fraction of sp³-hybridized carbons (Fsp3) is 0.536. The van der Waals surface area contributed by atoms with Gasteiger partial charge in [0.05, 0.1) is 11.5 Å². The summed E-state index contributed by atoms with van der Waals surface area (Å²) in [6.07, 6.45) is 6.06. The van der Waals surface area contributed by atoms with E-state index in [0.717, 1.165) is 0 Å². The van der Waals surface area contributed by atoms with Gasteiger partial charge in [-0.2, -0.15) is 0 Å². The van der Waals surface area contributed by atoms with Crippen molar-refractivity contribution in [2.75, 3.05) is 31.2 Å². The van der Waals surface area contributed by atoms with E-state index in [-0.39, 0.29) is 31.6 Å². The molecule has 0 radical (unpaired) electrons. The summed E-state index contributed by atoms with van der Waals surface area (Å²) in [7, 11) is 0. The maximum Gasteiger partial charge on any atom is 0.313 e. The molecule has 1 N–H and O–H groups in total. The SMILES string of the molecule is C=CCOC(=O)[C@H]1[C@H]2C(=O)N(CCCCCO)C(C(=O)N(CC=C)c3ccc(Cl)cc3)C23CC[C@]1(C)O3. The Hall–Kier alpha value is -2.68. The van der Waals surface area contributed by atoms with Crippen LogP contribution in [0.1, 0.15) is 39.0 Å². The number of nitrogens with zero attached hydrogens (tertiary/aromatic N) is 2. The van der Waals surface area contributed by atoms with E-state index in [1.807, 2.05) is 6.92 Å². The van der Waals surface area contributed by atoms with Gasteiger partial charge < -0.3 is 24.4 Å². The number of carbonyl (C=O) groups excluding carboxylic acids is 3. The van der Waals surface area contributed by atoms with Crippen LogP contribution in [0.2, 0.25) is 5.02 Å². The first kappa shape index (κ1) is 27.4. The van der Waals surface area contributed by atoms with Crippen LogP contribution in [0.4, 0.5) is 5.69 Å². The minimum Gasteiger partial charge on any atom is -0.461 e. The molecule has 37 heavy (non-hydrogen) atoms. The number of anilines is 1. The number of aliphatic hydroxyl groups excluding tert-OH is 1. The van der Waals surface area contributed by atoms with E-state index in [9.17, 15) is 19.5 Å². The van der Waals surface area contributed by atoms with Crippen LogP contribution < -0.4 is 4.90 Å². The number of rotatable bonds is 12. The number of hydrogen-bond donors (Lipinski definition) is 1. The van der Waals surface area contributed by atoms with Gasteiger partial charge >= 0.3 is 5.97 Å². The van der Waals surface area contributed by atoms with E-state index >= 15 is 0 Å². The fourth-order valence-electron chi connectivity index (χ4n) is 6.33. The molecule has 9 heteroatoms. The predicted molar refractivity (Wildman–Crippen MR) is 140 cm³/mol. The Morgan fingerprint density at radius 1 is 1.22 bits per heavy atom. The Morgan fingerprint density at radius 2 is 1.95 bits per heavy atom. The lowest BCUT2D eigenvalue weighted by Gasteiger charge is -2.36. The molecule has 3 aliphatic rings. The third-order valence-corrected chi connectivity index (χ3v) is 8.13. The average Bonchev–Trinajstić information content (AvgIpc) is 3.44. The van der Waals surface area contributed by atoms with E-state index in [0.29, 0.717) is 49.4 Å². The number of likely N-dealkylation sites (tertiary alicyclic amines) is 1. The summed E-state index contributed by atoms with van der Waals surface area (Å²) >= 11 is 6.08. The first-order valence-electron chi connectivity index (χ1n) is 12.8. The largest absolute Gasteiger partial charge is 0.461 e. The van der Waals surface area contributed by atoms with Crippen molar-refractivity contribution in [1.29, 1.82) is 0 Å². The molecule has 3 saturated heterocycles. The highest BCUT2D eigenvalue weighted by Gasteiger charge is 2.78. The fourth-order valence-corrected chi connectivity index (χ4v) is 6.45. The molecule has 8 nitrogen and oxygen atoms in total. The molecule has 0 aliphatic carbocycles. The molecule has 1 aromatic carbocycles. The van der Waals surface area contributed by atoms with Crippen molar-refractivity contribution in [2.24, 2.45) is 11.8 Å². The monoisotopic (exact) mass is 530 g/mol. The molecule has 2 bridgehead atoms. The van der Waals surface area contributed by atoms with Crippen molar-refractivity contribution in [3.8, 4) is 0 Å². The summed E-state index contributed by atoms with van der Waals surface area (Å²) in [6.45, 7) is 9.91. The topological polar surface area (TPSA) is 96.4 Å². The lowest BCUT2D eigenvalue weighted by Crippen LogP contribution is -2.56. The first-order valence-corrected chi connectivity index (χ1v) is 13.2. The number of carbonyl (C=O) groups is 3. The highest BCUT2D eigenvalue weighted by molar-refractivity contribution is 6.30. The van der Waals surface area contributed by atoms with E-state index in [2.05, 4.69) is 13.2 Å². The van der Waals surface area contributed by atoms with Gasteiger partial charge in [0, 0.05) is 30.4 Å². The third kappa shape index (κ3) is 4.71. The molecule has 1 spiro atoms. The molecule has 2 amide bonds. The van der Waals surface area contributed by atoms with Crippen molar-refractivity contribution >= 4 is 35.1 Å². The lowest BCUT2D eigenvalue weighted by molar-refractivity contribution is -0.158. The molecular weight excluding hydrogens is 496 g/mol. The lowest BCUT2D eigenvalue weighted by atomic mass is 9.66. The molecule has 1 aromatic rings. The number of aliphatic hydroxyl groups is 1.